The van der Waals surface area contributed by atoms with E-state index in [-0.39, 0.29) is 16.2 Å². The molecule has 1 unspecified atom stereocenters. The van der Waals surface area contributed by atoms with Crippen LogP contribution in [-0.4, -0.2) is 11.6 Å². The second kappa shape index (κ2) is 4.39. The summed E-state index contributed by atoms with van der Waals surface area (Å²) in [6.45, 7) is 4.21. The third kappa shape index (κ3) is 1.41. The van der Waals surface area contributed by atoms with Gasteiger partial charge in [0.05, 0.1) is 5.41 Å². The average molecular weight is 322 g/mol. The van der Waals surface area contributed by atoms with Crippen molar-refractivity contribution in [3.05, 3.63) is 34.9 Å². The van der Waals surface area contributed by atoms with Crippen LogP contribution in [0.4, 0.5) is 0 Å². The fourth-order valence-electron chi connectivity index (χ4n) is 7.32. The van der Waals surface area contributed by atoms with E-state index in [2.05, 4.69) is 19.1 Å². The fourth-order valence-corrected chi connectivity index (χ4v) is 7.32. The molecule has 2 heteroatoms. The molecule has 0 aromatic heterocycles. The van der Waals surface area contributed by atoms with Crippen molar-refractivity contribution in [1.29, 1.82) is 0 Å². The Bertz CT molecular complexity index is 767. The topological polar surface area (TPSA) is 34.1 Å². The van der Waals surface area contributed by atoms with Crippen LogP contribution in [0.3, 0.4) is 0 Å². The zero-order valence-corrected chi connectivity index (χ0v) is 14.8. The van der Waals surface area contributed by atoms with Crippen molar-refractivity contribution in [2.24, 2.45) is 22.2 Å². The number of rotatable bonds is 1. The van der Waals surface area contributed by atoms with Crippen LogP contribution < -0.4 is 0 Å². The number of carbonyl (C=O) groups excluding carboxylic acids is 2. The predicted octanol–water partition coefficient (Wildman–Crippen LogP) is 4.71. The smallest absolute Gasteiger partial charge is 0.156 e. The number of Topliss-reactive ketones (excluding diaryl/α,β-unsaturated/α-hetero) is 1. The van der Waals surface area contributed by atoms with Gasteiger partial charge >= 0.3 is 0 Å². The Morgan fingerprint density at radius 2 is 1.92 bits per heavy atom. The molecule has 2 saturated carbocycles. The van der Waals surface area contributed by atoms with Crippen LogP contribution in [0, 0.1) is 22.2 Å². The van der Waals surface area contributed by atoms with Crippen LogP contribution in [0.2, 0.25) is 0 Å². The van der Waals surface area contributed by atoms with E-state index >= 15 is 0 Å². The molecule has 0 saturated heterocycles. The molecule has 0 spiro atoms. The lowest BCUT2D eigenvalue weighted by molar-refractivity contribution is -0.131. The Labute approximate surface area is 144 Å². The van der Waals surface area contributed by atoms with Gasteiger partial charge in [0.1, 0.15) is 5.78 Å². The molecular formula is C22H26O2. The predicted molar refractivity (Wildman–Crippen MR) is 93.3 cm³/mol. The Kier molecular flexibility index (Phi) is 2.72. The quantitative estimate of drug-likeness (QED) is 0.655. The van der Waals surface area contributed by atoms with Crippen molar-refractivity contribution in [3.63, 3.8) is 0 Å². The first-order valence-corrected chi connectivity index (χ1v) is 9.61. The minimum atomic E-state index is -0.207. The van der Waals surface area contributed by atoms with Gasteiger partial charge < -0.3 is 0 Å². The first-order chi connectivity index (χ1) is 11.4. The summed E-state index contributed by atoms with van der Waals surface area (Å²) in [5.74, 6) is 1.27. The SMILES string of the molecule is CC(=O)[C@]12C=CC3(CC1)[C@@H]1CCC4=CC(=O)CCC4=C1CC[C@@]32C. The monoisotopic (exact) mass is 322 g/mol. The summed E-state index contributed by atoms with van der Waals surface area (Å²) in [5, 5.41) is 0. The Hall–Kier alpha value is -1.44. The van der Waals surface area contributed by atoms with Crippen molar-refractivity contribution in [2.75, 3.05) is 0 Å². The van der Waals surface area contributed by atoms with Crippen LogP contribution in [0.15, 0.2) is 34.9 Å². The summed E-state index contributed by atoms with van der Waals surface area (Å²) in [6.07, 6.45) is 15.0. The van der Waals surface area contributed by atoms with Gasteiger partial charge in [0.15, 0.2) is 5.78 Å². The van der Waals surface area contributed by atoms with Gasteiger partial charge in [-0.3, -0.25) is 9.59 Å². The molecule has 24 heavy (non-hydrogen) atoms. The highest BCUT2D eigenvalue weighted by molar-refractivity contribution is 5.93. The molecule has 5 aliphatic carbocycles. The van der Waals surface area contributed by atoms with Crippen LogP contribution in [0.1, 0.15) is 65.2 Å². The molecule has 4 atom stereocenters. The van der Waals surface area contributed by atoms with E-state index in [9.17, 15) is 9.59 Å². The standard InChI is InChI=1S/C22H26O2/c1-14(23)21-9-11-22(12-10-21)19-6-3-15-13-16(24)4-5-17(15)18(19)7-8-20(21,22)2/h9,11,13,19H,3-8,10,12H2,1-2H3/t19-,20-,21+,22?/m1/s1. The first-order valence-electron chi connectivity index (χ1n) is 9.61. The molecule has 2 bridgehead atoms. The van der Waals surface area contributed by atoms with E-state index in [0.717, 1.165) is 38.5 Å². The highest BCUT2D eigenvalue weighted by Crippen LogP contribution is 2.77. The minimum absolute atomic E-state index is 0.103. The molecule has 2 fully saturated rings. The van der Waals surface area contributed by atoms with Crippen molar-refractivity contribution >= 4 is 11.6 Å². The molecule has 0 aromatic carbocycles. The summed E-state index contributed by atoms with van der Waals surface area (Å²) in [4.78, 5) is 24.4. The second-order valence-electron chi connectivity index (χ2n) is 8.96. The van der Waals surface area contributed by atoms with Crippen molar-refractivity contribution in [2.45, 2.75) is 65.2 Å². The molecule has 5 aliphatic rings. The first kappa shape index (κ1) is 14.9. The largest absolute Gasteiger partial charge is 0.299 e. The molecule has 5 rings (SSSR count). The van der Waals surface area contributed by atoms with Gasteiger partial charge in [0, 0.05) is 11.8 Å². The zero-order valence-electron chi connectivity index (χ0n) is 14.8. The lowest BCUT2D eigenvalue weighted by Crippen LogP contribution is -2.50. The van der Waals surface area contributed by atoms with Gasteiger partial charge in [-0.25, -0.2) is 0 Å². The zero-order chi connectivity index (χ0) is 16.7. The highest BCUT2D eigenvalue weighted by Gasteiger charge is 2.72. The van der Waals surface area contributed by atoms with E-state index in [4.69, 9.17) is 0 Å². The molecule has 0 heterocycles. The Morgan fingerprint density at radius 1 is 1.08 bits per heavy atom. The molecule has 0 aliphatic heterocycles. The summed E-state index contributed by atoms with van der Waals surface area (Å²) < 4.78 is 0. The third-order valence-electron chi connectivity index (χ3n) is 8.61. The number of hydrogen-bond donors (Lipinski definition) is 0. The molecule has 0 aromatic rings. The van der Waals surface area contributed by atoms with Gasteiger partial charge in [0.25, 0.3) is 0 Å². The maximum atomic E-state index is 12.6. The molecule has 0 amide bonds. The van der Waals surface area contributed by atoms with Gasteiger partial charge in [0.2, 0.25) is 0 Å². The van der Waals surface area contributed by atoms with Crippen molar-refractivity contribution in [1.82, 2.24) is 0 Å². The molecule has 0 N–H and O–H groups in total. The number of fused-ring (bicyclic) bond motifs is 2. The highest BCUT2D eigenvalue weighted by atomic mass is 16.1. The van der Waals surface area contributed by atoms with Crippen molar-refractivity contribution in [3.8, 4) is 0 Å². The summed E-state index contributed by atoms with van der Waals surface area (Å²) in [7, 11) is 0. The Morgan fingerprint density at radius 3 is 2.62 bits per heavy atom. The maximum absolute atomic E-state index is 12.6. The van der Waals surface area contributed by atoms with E-state index in [1.807, 2.05) is 6.08 Å². The van der Waals surface area contributed by atoms with Crippen LogP contribution >= 0.6 is 0 Å². The van der Waals surface area contributed by atoms with E-state index in [0.29, 0.717) is 23.9 Å². The van der Waals surface area contributed by atoms with E-state index < -0.39 is 0 Å². The summed E-state index contributed by atoms with van der Waals surface area (Å²) >= 11 is 0. The molecule has 0 radical (unpaired) electrons. The van der Waals surface area contributed by atoms with Gasteiger partial charge in [-0.2, -0.15) is 0 Å². The lowest BCUT2D eigenvalue weighted by Gasteiger charge is -2.55. The number of allylic oxidation sites excluding steroid dienone is 6. The second-order valence-corrected chi connectivity index (χ2v) is 8.96. The van der Waals surface area contributed by atoms with Crippen LogP contribution in [-0.2, 0) is 9.59 Å². The number of carbonyl (C=O) groups is 2. The van der Waals surface area contributed by atoms with Gasteiger partial charge in [-0.05, 0) is 80.4 Å². The van der Waals surface area contributed by atoms with Gasteiger partial charge in [-0.1, -0.05) is 24.6 Å². The maximum Gasteiger partial charge on any atom is 0.156 e. The van der Waals surface area contributed by atoms with Crippen molar-refractivity contribution < 1.29 is 9.59 Å². The Balaban J connectivity index is 1.66. The lowest BCUT2D eigenvalue weighted by atomic mass is 9.48. The molecular weight excluding hydrogens is 296 g/mol. The molecule has 2 nitrogen and oxygen atoms in total. The third-order valence-corrected chi connectivity index (χ3v) is 8.61. The number of hydrogen-bond acceptors (Lipinski definition) is 2. The molecule has 126 valence electrons. The van der Waals surface area contributed by atoms with E-state index in [1.165, 1.54) is 17.6 Å². The summed E-state index contributed by atoms with van der Waals surface area (Å²) in [6, 6.07) is 0. The minimum Gasteiger partial charge on any atom is -0.299 e. The number of ketones is 2. The van der Waals surface area contributed by atoms with Gasteiger partial charge in [-0.15, -0.1) is 0 Å². The van der Waals surface area contributed by atoms with Crippen LogP contribution in [0.25, 0.3) is 0 Å². The fraction of sp³-hybridized carbons (Fsp3) is 0.636. The average Bonchev–Trinajstić information content (AvgIpc) is 2.99. The van der Waals surface area contributed by atoms with Crippen LogP contribution in [0.5, 0.6) is 0 Å². The summed E-state index contributed by atoms with van der Waals surface area (Å²) in [5.41, 5.74) is 4.57. The normalized spacial score (nSPS) is 45.7. The van der Waals surface area contributed by atoms with E-state index in [1.54, 1.807) is 12.5 Å².